The van der Waals surface area contributed by atoms with E-state index in [0.29, 0.717) is 11.7 Å². The van der Waals surface area contributed by atoms with E-state index >= 15 is 0 Å². The normalized spacial score (nSPS) is 23.1. The lowest BCUT2D eigenvalue weighted by atomic mass is 10.2. The van der Waals surface area contributed by atoms with E-state index in [2.05, 4.69) is 10.3 Å². The molecule has 8 nitrogen and oxygen atoms in total. The van der Waals surface area contributed by atoms with Gasteiger partial charge in [0.25, 0.3) is 0 Å². The molecule has 1 fully saturated rings. The smallest absolute Gasteiger partial charge is 0.326 e. The van der Waals surface area contributed by atoms with Gasteiger partial charge in [0.05, 0.1) is 12.3 Å². The summed E-state index contributed by atoms with van der Waals surface area (Å²) in [5.74, 6) is -0.00494. The first-order valence-corrected chi connectivity index (χ1v) is 6.67. The van der Waals surface area contributed by atoms with E-state index in [1.807, 2.05) is 0 Å². The molecule has 8 heteroatoms. The highest BCUT2D eigenvalue weighted by atomic mass is 16.5. The molecule has 0 aliphatic carbocycles. The Morgan fingerprint density at radius 1 is 1.62 bits per heavy atom. The summed E-state index contributed by atoms with van der Waals surface area (Å²) in [5.41, 5.74) is 0. The standard InChI is InChI=1S/C13H19N3O5/c1-7-5-14-11(21-7)8(2)15-13(19)16-6-9(20-3)4-10(16)12(17)18/h5,8-10H,4,6H2,1-3H3,(H,15,19)(H,17,18). The number of hydrogen-bond acceptors (Lipinski definition) is 5. The monoisotopic (exact) mass is 297 g/mol. The van der Waals surface area contributed by atoms with Gasteiger partial charge in [0.1, 0.15) is 17.8 Å². The summed E-state index contributed by atoms with van der Waals surface area (Å²) in [6.07, 6.45) is 1.58. The molecule has 2 rings (SSSR count). The Morgan fingerprint density at radius 2 is 2.33 bits per heavy atom. The van der Waals surface area contributed by atoms with E-state index in [0.717, 1.165) is 0 Å². The third kappa shape index (κ3) is 3.33. The molecule has 0 aromatic carbocycles. The maximum atomic E-state index is 12.2. The molecule has 1 aliphatic rings. The molecule has 116 valence electrons. The summed E-state index contributed by atoms with van der Waals surface area (Å²) >= 11 is 0. The van der Waals surface area contributed by atoms with Crippen LogP contribution >= 0.6 is 0 Å². The molecule has 21 heavy (non-hydrogen) atoms. The van der Waals surface area contributed by atoms with Crippen molar-refractivity contribution < 1.29 is 23.8 Å². The van der Waals surface area contributed by atoms with Crippen molar-refractivity contribution in [3.05, 3.63) is 17.8 Å². The van der Waals surface area contributed by atoms with Crippen molar-refractivity contribution in [1.29, 1.82) is 0 Å². The minimum absolute atomic E-state index is 0.247. The number of carbonyl (C=O) groups is 2. The van der Waals surface area contributed by atoms with Crippen LogP contribution in [0.3, 0.4) is 0 Å². The summed E-state index contributed by atoms with van der Waals surface area (Å²) in [7, 11) is 1.50. The summed E-state index contributed by atoms with van der Waals surface area (Å²) in [5, 5.41) is 11.9. The van der Waals surface area contributed by atoms with Crippen LogP contribution in [0.2, 0.25) is 0 Å². The number of oxazole rings is 1. The molecular formula is C13H19N3O5. The SMILES string of the molecule is COC1CC(C(=O)O)N(C(=O)NC(C)c2ncc(C)o2)C1. The Bertz CT molecular complexity index is 530. The van der Waals surface area contributed by atoms with Crippen LogP contribution in [-0.2, 0) is 9.53 Å². The molecule has 0 saturated carbocycles. The molecule has 0 spiro atoms. The van der Waals surface area contributed by atoms with Crippen LogP contribution in [0, 0.1) is 6.92 Å². The number of ether oxygens (including phenoxy) is 1. The predicted octanol–water partition coefficient (Wildman–Crippen LogP) is 0.928. The van der Waals surface area contributed by atoms with Crippen molar-refractivity contribution in [2.75, 3.05) is 13.7 Å². The Hall–Kier alpha value is -2.09. The molecule has 1 aromatic rings. The van der Waals surface area contributed by atoms with Crippen LogP contribution in [0.4, 0.5) is 4.79 Å². The van der Waals surface area contributed by atoms with Gasteiger partial charge in [-0.2, -0.15) is 0 Å². The minimum atomic E-state index is -1.04. The number of nitrogens with zero attached hydrogens (tertiary/aromatic N) is 2. The second-order valence-electron chi connectivity index (χ2n) is 5.08. The van der Waals surface area contributed by atoms with E-state index in [-0.39, 0.29) is 19.1 Å². The molecule has 2 N–H and O–H groups in total. The quantitative estimate of drug-likeness (QED) is 0.856. The average molecular weight is 297 g/mol. The van der Waals surface area contributed by atoms with E-state index in [1.165, 1.54) is 12.0 Å². The summed E-state index contributed by atoms with van der Waals surface area (Å²) in [4.78, 5) is 28.8. The van der Waals surface area contributed by atoms with Crippen molar-refractivity contribution in [1.82, 2.24) is 15.2 Å². The molecule has 1 saturated heterocycles. The Kier molecular flexibility index (Phi) is 4.46. The number of carbonyl (C=O) groups excluding carboxylic acids is 1. The van der Waals surface area contributed by atoms with Gasteiger partial charge in [0.2, 0.25) is 5.89 Å². The Balaban J connectivity index is 2.03. The predicted molar refractivity (Wildman–Crippen MR) is 71.7 cm³/mol. The van der Waals surface area contributed by atoms with Crippen LogP contribution in [0.15, 0.2) is 10.6 Å². The van der Waals surface area contributed by atoms with E-state index in [9.17, 15) is 14.7 Å². The van der Waals surface area contributed by atoms with Crippen LogP contribution in [0.1, 0.15) is 31.0 Å². The van der Waals surface area contributed by atoms with Crippen LogP contribution in [-0.4, -0.2) is 52.8 Å². The third-order valence-electron chi connectivity index (χ3n) is 3.49. The van der Waals surface area contributed by atoms with Crippen LogP contribution in [0.5, 0.6) is 0 Å². The van der Waals surface area contributed by atoms with Crippen molar-refractivity contribution in [3.8, 4) is 0 Å². The van der Waals surface area contributed by atoms with E-state index in [1.54, 1.807) is 20.0 Å². The Labute approximate surface area is 122 Å². The lowest BCUT2D eigenvalue weighted by molar-refractivity contribution is -0.141. The number of nitrogens with one attached hydrogen (secondary N) is 1. The fraction of sp³-hybridized carbons (Fsp3) is 0.615. The summed E-state index contributed by atoms with van der Waals surface area (Å²) < 4.78 is 10.5. The second kappa shape index (κ2) is 6.13. The third-order valence-corrected chi connectivity index (χ3v) is 3.49. The minimum Gasteiger partial charge on any atom is -0.480 e. The van der Waals surface area contributed by atoms with Crippen molar-refractivity contribution in [2.45, 2.75) is 38.5 Å². The highest BCUT2D eigenvalue weighted by Gasteiger charge is 2.40. The molecule has 0 bridgehead atoms. The largest absolute Gasteiger partial charge is 0.480 e. The zero-order valence-corrected chi connectivity index (χ0v) is 12.2. The second-order valence-corrected chi connectivity index (χ2v) is 5.08. The highest BCUT2D eigenvalue weighted by Crippen LogP contribution is 2.21. The van der Waals surface area contributed by atoms with Crippen molar-refractivity contribution in [3.63, 3.8) is 0 Å². The molecule has 0 radical (unpaired) electrons. The fourth-order valence-electron chi connectivity index (χ4n) is 2.33. The van der Waals surface area contributed by atoms with E-state index in [4.69, 9.17) is 9.15 Å². The van der Waals surface area contributed by atoms with E-state index < -0.39 is 24.1 Å². The first kappa shape index (κ1) is 15.3. The van der Waals surface area contributed by atoms with Gasteiger partial charge in [-0.1, -0.05) is 0 Å². The number of carboxylic acids is 1. The van der Waals surface area contributed by atoms with Gasteiger partial charge in [-0.3, -0.25) is 0 Å². The fourth-order valence-corrected chi connectivity index (χ4v) is 2.33. The zero-order chi connectivity index (χ0) is 15.6. The molecule has 2 amide bonds. The number of urea groups is 1. The summed E-state index contributed by atoms with van der Waals surface area (Å²) in [6.45, 7) is 3.73. The molecule has 1 aromatic heterocycles. The van der Waals surface area contributed by atoms with Gasteiger partial charge in [-0.15, -0.1) is 0 Å². The first-order valence-electron chi connectivity index (χ1n) is 6.67. The van der Waals surface area contributed by atoms with Crippen LogP contribution in [0.25, 0.3) is 0 Å². The number of methoxy groups -OCH3 is 1. The molecule has 1 aliphatic heterocycles. The van der Waals surface area contributed by atoms with Gasteiger partial charge in [0.15, 0.2) is 0 Å². The van der Waals surface area contributed by atoms with Gasteiger partial charge in [0, 0.05) is 20.1 Å². The molecule has 3 unspecified atom stereocenters. The number of aliphatic carboxylic acids is 1. The lowest BCUT2D eigenvalue weighted by Crippen LogP contribution is -2.46. The number of carboxylic acid groups (broad SMARTS) is 1. The highest BCUT2D eigenvalue weighted by molar-refractivity contribution is 5.83. The van der Waals surface area contributed by atoms with Crippen molar-refractivity contribution in [2.24, 2.45) is 0 Å². The van der Waals surface area contributed by atoms with Gasteiger partial charge in [-0.25, -0.2) is 14.6 Å². The number of hydrogen-bond donors (Lipinski definition) is 2. The number of aromatic nitrogens is 1. The topological polar surface area (TPSA) is 105 Å². The number of likely N-dealkylation sites (tertiary alicyclic amines) is 1. The van der Waals surface area contributed by atoms with Crippen molar-refractivity contribution >= 4 is 12.0 Å². The average Bonchev–Trinajstić information content (AvgIpc) is 3.04. The van der Waals surface area contributed by atoms with Gasteiger partial charge >= 0.3 is 12.0 Å². The number of aryl methyl sites for hydroxylation is 1. The Morgan fingerprint density at radius 3 is 2.86 bits per heavy atom. The van der Waals surface area contributed by atoms with Gasteiger partial charge < -0.3 is 24.5 Å². The lowest BCUT2D eigenvalue weighted by Gasteiger charge is -2.23. The summed E-state index contributed by atoms with van der Waals surface area (Å²) in [6, 6.07) is -1.79. The molecule has 2 heterocycles. The van der Waals surface area contributed by atoms with Crippen LogP contribution < -0.4 is 5.32 Å². The molecule has 3 atom stereocenters. The zero-order valence-electron chi connectivity index (χ0n) is 12.2. The first-order chi connectivity index (χ1) is 9.92. The number of amides is 2. The molecular weight excluding hydrogens is 278 g/mol. The number of rotatable bonds is 4. The van der Waals surface area contributed by atoms with Gasteiger partial charge in [-0.05, 0) is 13.8 Å². The maximum absolute atomic E-state index is 12.2. The maximum Gasteiger partial charge on any atom is 0.326 e.